The van der Waals surface area contributed by atoms with Gasteiger partial charge in [0.15, 0.2) is 0 Å². The molecular weight excluding hydrogens is 268 g/mol. The number of rotatable bonds is 8. The molecule has 2 aromatic rings. The van der Waals surface area contributed by atoms with Crippen molar-refractivity contribution in [2.75, 3.05) is 6.54 Å². The van der Waals surface area contributed by atoms with Crippen LogP contribution in [0.3, 0.4) is 0 Å². The maximum atomic E-state index is 3.58. The molecule has 2 nitrogen and oxygen atoms in total. The molecule has 112 valence electrons. The average Bonchev–Trinajstić information content (AvgIpc) is 2.81. The van der Waals surface area contributed by atoms with Crippen LogP contribution in [0.2, 0.25) is 0 Å². The molecule has 0 radical (unpaired) electrons. The molecule has 1 N–H and O–H groups in total. The molecule has 0 saturated carbocycles. The molecule has 0 fully saturated rings. The second-order valence-corrected chi connectivity index (χ2v) is 5.19. The van der Waals surface area contributed by atoms with Gasteiger partial charge in [-0.2, -0.15) is 0 Å². The standard InChI is InChI=1S/C17H26N2.ClH/c1-3-5-6-9-12-18-13-15-14-19(4-2)17-11-8-7-10-16(15)17;/h7-8,10-11,14,18H,3-6,9,12-13H2,1-2H3;1H. The van der Waals surface area contributed by atoms with E-state index in [9.17, 15) is 0 Å². The van der Waals surface area contributed by atoms with Crippen LogP contribution in [0.1, 0.15) is 45.1 Å². The predicted octanol–water partition coefficient (Wildman–Crippen LogP) is 4.75. The van der Waals surface area contributed by atoms with Crippen LogP contribution in [0, 0.1) is 0 Å². The Labute approximate surface area is 129 Å². The van der Waals surface area contributed by atoms with Gasteiger partial charge in [0.25, 0.3) is 0 Å². The lowest BCUT2D eigenvalue weighted by molar-refractivity contribution is 0.598. The third-order valence-electron chi connectivity index (χ3n) is 3.73. The lowest BCUT2D eigenvalue weighted by atomic mass is 10.1. The van der Waals surface area contributed by atoms with Crippen LogP contribution in [0.5, 0.6) is 0 Å². The molecule has 1 heterocycles. The second-order valence-electron chi connectivity index (χ2n) is 5.19. The van der Waals surface area contributed by atoms with Crippen molar-refractivity contribution in [3.8, 4) is 0 Å². The van der Waals surface area contributed by atoms with Gasteiger partial charge < -0.3 is 9.88 Å². The zero-order valence-electron chi connectivity index (χ0n) is 12.7. The zero-order valence-corrected chi connectivity index (χ0v) is 13.5. The summed E-state index contributed by atoms with van der Waals surface area (Å²) in [6, 6.07) is 8.70. The molecule has 0 aliphatic heterocycles. The van der Waals surface area contributed by atoms with E-state index in [2.05, 4.69) is 54.2 Å². The van der Waals surface area contributed by atoms with Gasteiger partial charge in [-0.05, 0) is 31.5 Å². The van der Waals surface area contributed by atoms with E-state index >= 15 is 0 Å². The van der Waals surface area contributed by atoms with Crippen molar-refractivity contribution in [2.45, 2.75) is 52.6 Å². The van der Waals surface area contributed by atoms with Gasteiger partial charge in [-0.1, -0.05) is 44.4 Å². The summed E-state index contributed by atoms with van der Waals surface area (Å²) in [5.74, 6) is 0. The van der Waals surface area contributed by atoms with E-state index in [1.807, 2.05) is 0 Å². The summed E-state index contributed by atoms with van der Waals surface area (Å²) in [6.45, 7) is 7.61. The molecule has 3 heteroatoms. The molecule has 0 amide bonds. The number of halogens is 1. The summed E-state index contributed by atoms with van der Waals surface area (Å²) in [5, 5.41) is 4.97. The minimum atomic E-state index is 0. The van der Waals surface area contributed by atoms with Gasteiger partial charge in [0.2, 0.25) is 0 Å². The van der Waals surface area contributed by atoms with Crippen molar-refractivity contribution < 1.29 is 0 Å². The maximum absolute atomic E-state index is 3.58. The summed E-state index contributed by atoms with van der Waals surface area (Å²) in [5.41, 5.74) is 2.78. The number of unbranched alkanes of at least 4 members (excludes halogenated alkanes) is 3. The molecule has 0 spiro atoms. The molecule has 0 bridgehead atoms. The Balaban J connectivity index is 0.00000200. The number of hydrogen-bond acceptors (Lipinski definition) is 1. The molecule has 2 rings (SSSR count). The number of benzene rings is 1. The number of fused-ring (bicyclic) bond motifs is 1. The summed E-state index contributed by atoms with van der Waals surface area (Å²) in [6.07, 6.45) is 7.60. The van der Waals surface area contributed by atoms with Crippen molar-refractivity contribution in [1.29, 1.82) is 0 Å². The van der Waals surface area contributed by atoms with Crippen LogP contribution in [0.15, 0.2) is 30.5 Å². The minimum Gasteiger partial charge on any atom is -0.347 e. The van der Waals surface area contributed by atoms with E-state index in [0.717, 1.165) is 19.6 Å². The third kappa shape index (κ3) is 4.26. The Bertz CT molecular complexity index is 505. The fraction of sp³-hybridized carbons (Fsp3) is 0.529. The first-order valence-electron chi connectivity index (χ1n) is 7.64. The van der Waals surface area contributed by atoms with Gasteiger partial charge >= 0.3 is 0 Å². The van der Waals surface area contributed by atoms with Crippen molar-refractivity contribution in [3.05, 3.63) is 36.0 Å². The molecule has 0 atom stereocenters. The molecule has 1 aromatic heterocycles. The summed E-state index contributed by atoms with van der Waals surface area (Å²) < 4.78 is 2.34. The Hall–Kier alpha value is -0.990. The fourth-order valence-electron chi connectivity index (χ4n) is 2.63. The molecule has 0 aliphatic carbocycles. The van der Waals surface area contributed by atoms with Crippen LogP contribution in [-0.2, 0) is 13.1 Å². The van der Waals surface area contributed by atoms with Crippen LogP contribution in [-0.4, -0.2) is 11.1 Å². The number of aromatic nitrogens is 1. The smallest absolute Gasteiger partial charge is 0.0483 e. The fourth-order valence-corrected chi connectivity index (χ4v) is 2.63. The minimum absolute atomic E-state index is 0. The number of hydrogen-bond donors (Lipinski definition) is 1. The molecule has 0 saturated heterocycles. The lowest BCUT2D eigenvalue weighted by Crippen LogP contribution is -2.14. The van der Waals surface area contributed by atoms with Crippen molar-refractivity contribution >= 4 is 23.3 Å². The average molecular weight is 295 g/mol. The number of para-hydroxylation sites is 1. The van der Waals surface area contributed by atoms with Crippen LogP contribution in [0.4, 0.5) is 0 Å². The highest BCUT2D eigenvalue weighted by atomic mass is 35.5. The van der Waals surface area contributed by atoms with E-state index in [1.54, 1.807) is 0 Å². The normalized spacial score (nSPS) is 10.7. The Morgan fingerprint density at radius 1 is 1.05 bits per heavy atom. The van der Waals surface area contributed by atoms with Crippen molar-refractivity contribution in [2.24, 2.45) is 0 Å². The number of aryl methyl sites for hydroxylation is 1. The van der Waals surface area contributed by atoms with Crippen molar-refractivity contribution in [1.82, 2.24) is 9.88 Å². The molecule has 0 unspecified atom stereocenters. The molecular formula is C17H27ClN2. The zero-order chi connectivity index (χ0) is 13.5. The van der Waals surface area contributed by atoms with Gasteiger partial charge in [-0.25, -0.2) is 0 Å². The van der Waals surface area contributed by atoms with Gasteiger partial charge in [-0.15, -0.1) is 12.4 Å². The predicted molar refractivity (Wildman–Crippen MR) is 90.7 cm³/mol. The lowest BCUT2D eigenvalue weighted by Gasteiger charge is -2.03. The molecule has 1 aromatic carbocycles. The third-order valence-corrected chi connectivity index (χ3v) is 3.73. The monoisotopic (exact) mass is 294 g/mol. The number of nitrogens with zero attached hydrogens (tertiary/aromatic N) is 1. The van der Waals surface area contributed by atoms with Gasteiger partial charge in [0, 0.05) is 30.2 Å². The summed E-state index contributed by atoms with van der Waals surface area (Å²) in [7, 11) is 0. The van der Waals surface area contributed by atoms with Crippen LogP contribution >= 0.6 is 12.4 Å². The first-order valence-corrected chi connectivity index (χ1v) is 7.64. The summed E-state index contributed by atoms with van der Waals surface area (Å²) >= 11 is 0. The first kappa shape index (κ1) is 17.1. The van der Waals surface area contributed by atoms with Crippen LogP contribution < -0.4 is 5.32 Å². The van der Waals surface area contributed by atoms with E-state index in [1.165, 1.54) is 42.1 Å². The van der Waals surface area contributed by atoms with Gasteiger partial charge in [-0.3, -0.25) is 0 Å². The van der Waals surface area contributed by atoms with E-state index < -0.39 is 0 Å². The van der Waals surface area contributed by atoms with Gasteiger partial charge in [0.1, 0.15) is 0 Å². The van der Waals surface area contributed by atoms with E-state index in [4.69, 9.17) is 0 Å². The Kier molecular flexibility index (Phi) is 7.71. The highest BCUT2D eigenvalue weighted by Gasteiger charge is 2.06. The van der Waals surface area contributed by atoms with Crippen LogP contribution in [0.25, 0.3) is 10.9 Å². The van der Waals surface area contributed by atoms with E-state index in [0.29, 0.717) is 0 Å². The SMILES string of the molecule is CCCCCCNCc1cn(CC)c2ccccc12.Cl. The maximum Gasteiger partial charge on any atom is 0.0483 e. The highest BCUT2D eigenvalue weighted by molar-refractivity contribution is 5.85. The first-order chi connectivity index (χ1) is 9.36. The number of nitrogens with one attached hydrogen (secondary N) is 1. The Morgan fingerprint density at radius 2 is 1.85 bits per heavy atom. The highest BCUT2D eigenvalue weighted by Crippen LogP contribution is 2.21. The quantitative estimate of drug-likeness (QED) is 0.695. The summed E-state index contributed by atoms with van der Waals surface area (Å²) in [4.78, 5) is 0. The largest absolute Gasteiger partial charge is 0.347 e. The second kappa shape index (κ2) is 9.04. The van der Waals surface area contributed by atoms with E-state index in [-0.39, 0.29) is 12.4 Å². The van der Waals surface area contributed by atoms with Gasteiger partial charge in [0.05, 0.1) is 0 Å². The molecule has 0 aliphatic rings. The topological polar surface area (TPSA) is 17.0 Å². The Morgan fingerprint density at radius 3 is 2.60 bits per heavy atom. The molecule has 20 heavy (non-hydrogen) atoms. The van der Waals surface area contributed by atoms with Crippen molar-refractivity contribution in [3.63, 3.8) is 0 Å².